The van der Waals surface area contributed by atoms with E-state index in [-0.39, 0.29) is 5.76 Å². The fourth-order valence-corrected chi connectivity index (χ4v) is 3.31. The molecule has 106 valence electrons. The number of thioether (sulfide) groups is 1. The van der Waals surface area contributed by atoms with Crippen LogP contribution < -0.4 is 0 Å². The quantitative estimate of drug-likeness (QED) is 0.873. The molecule has 0 spiro atoms. The van der Waals surface area contributed by atoms with Crippen LogP contribution in [0.15, 0.2) is 21.9 Å². The molecule has 1 aliphatic rings. The zero-order valence-corrected chi connectivity index (χ0v) is 11.7. The third kappa shape index (κ3) is 2.58. The number of fused-ring (bicyclic) bond motifs is 1. The molecule has 0 atom stereocenters. The van der Waals surface area contributed by atoms with Gasteiger partial charge in [0.25, 0.3) is 0 Å². The molecular weight excluding hydrogens is 278 g/mol. The van der Waals surface area contributed by atoms with Crippen molar-refractivity contribution in [2.75, 3.05) is 0 Å². The standard InChI is InChI=1S/C13H15N3O3S/c17-12(18)11-9(5-7-19-11)8-20-13-15-14-10-4-2-1-3-6-16(10)13/h5,7H,1-4,6,8H2,(H,17,18). The molecule has 1 aliphatic heterocycles. The minimum absolute atomic E-state index is 0.00750. The van der Waals surface area contributed by atoms with Gasteiger partial charge in [0.05, 0.1) is 6.26 Å². The van der Waals surface area contributed by atoms with Crippen LogP contribution in [0.4, 0.5) is 0 Å². The van der Waals surface area contributed by atoms with Crippen LogP contribution in [0, 0.1) is 0 Å². The summed E-state index contributed by atoms with van der Waals surface area (Å²) in [5, 5.41) is 18.3. The molecule has 20 heavy (non-hydrogen) atoms. The lowest BCUT2D eigenvalue weighted by molar-refractivity contribution is 0.0661. The van der Waals surface area contributed by atoms with E-state index in [9.17, 15) is 4.79 Å². The van der Waals surface area contributed by atoms with Gasteiger partial charge in [-0.3, -0.25) is 0 Å². The predicted octanol–water partition coefficient (Wildman–Crippen LogP) is 2.59. The van der Waals surface area contributed by atoms with Crippen molar-refractivity contribution in [3.05, 3.63) is 29.5 Å². The molecule has 0 saturated heterocycles. The van der Waals surface area contributed by atoms with Gasteiger partial charge in [-0.2, -0.15) is 0 Å². The van der Waals surface area contributed by atoms with Crippen molar-refractivity contribution in [2.45, 2.75) is 43.1 Å². The van der Waals surface area contributed by atoms with Gasteiger partial charge in [-0.05, 0) is 18.9 Å². The van der Waals surface area contributed by atoms with Crippen molar-refractivity contribution in [1.29, 1.82) is 0 Å². The maximum absolute atomic E-state index is 11.0. The smallest absolute Gasteiger partial charge is 0.372 e. The second kappa shape index (κ2) is 5.70. The molecule has 3 heterocycles. The number of carbonyl (C=O) groups is 1. The normalized spacial score (nSPS) is 14.8. The second-order valence-electron chi connectivity index (χ2n) is 4.73. The molecule has 0 aliphatic carbocycles. The van der Waals surface area contributed by atoms with Crippen LogP contribution in [0.25, 0.3) is 0 Å². The number of aromatic nitrogens is 3. The fourth-order valence-electron chi connectivity index (χ4n) is 2.34. The number of aryl methyl sites for hydroxylation is 1. The third-order valence-electron chi connectivity index (χ3n) is 3.37. The van der Waals surface area contributed by atoms with E-state index < -0.39 is 5.97 Å². The summed E-state index contributed by atoms with van der Waals surface area (Å²) in [6.45, 7) is 0.946. The first-order chi connectivity index (χ1) is 9.75. The molecule has 0 saturated carbocycles. The summed E-state index contributed by atoms with van der Waals surface area (Å²) in [5.74, 6) is 0.533. The van der Waals surface area contributed by atoms with Gasteiger partial charge in [0.15, 0.2) is 5.16 Å². The zero-order valence-electron chi connectivity index (χ0n) is 10.9. The summed E-state index contributed by atoms with van der Waals surface area (Å²) in [6.07, 6.45) is 5.90. The lowest BCUT2D eigenvalue weighted by atomic mass is 10.2. The highest BCUT2D eigenvalue weighted by Gasteiger charge is 2.18. The van der Waals surface area contributed by atoms with Gasteiger partial charge in [0, 0.05) is 24.3 Å². The Hall–Kier alpha value is -1.76. The number of hydrogen-bond donors (Lipinski definition) is 1. The van der Waals surface area contributed by atoms with Gasteiger partial charge in [-0.1, -0.05) is 18.2 Å². The van der Waals surface area contributed by atoms with Crippen LogP contribution in [0.2, 0.25) is 0 Å². The molecule has 2 aromatic heterocycles. The molecule has 0 radical (unpaired) electrons. The van der Waals surface area contributed by atoms with E-state index in [0.717, 1.165) is 36.8 Å². The molecular formula is C13H15N3O3S. The van der Waals surface area contributed by atoms with E-state index in [4.69, 9.17) is 9.52 Å². The maximum Gasteiger partial charge on any atom is 0.372 e. The van der Waals surface area contributed by atoms with Crippen molar-refractivity contribution in [2.24, 2.45) is 0 Å². The number of carboxylic acid groups (broad SMARTS) is 1. The first-order valence-corrected chi connectivity index (χ1v) is 7.59. The number of furan rings is 1. The molecule has 0 amide bonds. The van der Waals surface area contributed by atoms with Gasteiger partial charge >= 0.3 is 5.97 Å². The molecule has 0 aromatic carbocycles. The van der Waals surface area contributed by atoms with E-state index in [0.29, 0.717) is 11.3 Å². The summed E-state index contributed by atoms with van der Waals surface area (Å²) in [6, 6.07) is 1.69. The lowest BCUT2D eigenvalue weighted by Crippen LogP contribution is -2.03. The molecule has 6 nitrogen and oxygen atoms in total. The highest BCUT2D eigenvalue weighted by atomic mass is 32.2. The largest absolute Gasteiger partial charge is 0.475 e. The first kappa shape index (κ1) is 13.2. The van der Waals surface area contributed by atoms with Crippen molar-refractivity contribution in [3.63, 3.8) is 0 Å². The van der Waals surface area contributed by atoms with Crippen LogP contribution in [-0.4, -0.2) is 25.8 Å². The Morgan fingerprint density at radius 2 is 2.30 bits per heavy atom. The Kier molecular flexibility index (Phi) is 3.77. The lowest BCUT2D eigenvalue weighted by Gasteiger charge is -2.05. The van der Waals surface area contributed by atoms with E-state index in [2.05, 4.69) is 14.8 Å². The summed E-state index contributed by atoms with van der Waals surface area (Å²) >= 11 is 1.51. The van der Waals surface area contributed by atoms with Crippen molar-refractivity contribution in [1.82, 2.24) is 14.8 Å². The Morgan fingerprint density at radius 1 is 1.40 bits per heavy atom. The zero-order chi connectivity index (χ0) is 13.9. The molecule has 0 fully saturated rings. The number of aromatic carboxylic acids is 1. The van der Waals surface area contributed by atoms with Gasteiger partial charge < -0.3 is 14.1 Å². The van der Waals surface area contributed by atoms with E-state index in [1.165, 1.54) is 24.4 Å². The topological polar surface area (TPSA) is 81.2 Å². The Balaban J connectivity index is 1.74. The SMILES string of the molecule is O=C(O)c1occc1CSc1nnc2n1CCCCC2. The van der Waals surface area contributed by atoms with Crippen molar-refractivity contribution in [3.8, 4) is 0 Å². The van der Waals surface area contributed by atoms with Crippen LogP contribution in [0.1, 0.15) is 41.2 Å². The van der Waals surface area contributed by atoms with Crippen molar-refractivity contribution >= 4 is 17.7 Å². The molecule has 0 unspecified atom stereocenters. The monoisotopic (exact) mass is 293 g/mol. The molecule has 2 aromatic rings. The number of hydrogen-bond acceptors (Lipinski definition) is 5. The van der Waals surface area contributed by atoms with Gasteiger partial charge in [0.1, 0.15) is 5.82 Å². The number of carboxylic acids is 1. The summed E-state index contributed by atoms with van der Waals surface area (Å²) in [5.41, 5.74) is 0.675. The van der Waals surface area contributed by atoms with E-state index in [1.807, 2.05) is 0 Å². The fraction of sp³-hybridized carbons (Fsp3) is 0.462. The Morgan fingerprint density at radius 3 is 3.15 bits per heavy atom. The molecule has 1 N–H and O–H groups in total. The van der Waals surface area contributed by atoms with E-state index >= 15 is 0 Å². The van der Waals surface area contributed by atoms with Crippen molar-refractivity contribution < 1.29 is 14.3 Å². The summed E-state index contributed by atoms with van der Waals surface area (Å²) in [7, 11) is 0. The van der Waals surface area contributed by atoms with Crippen LogP contribution in [0.5, 0.6) is 0 Å². The van der Waals surface area contributed by atoms with Crippen LogP contribution in [-0.2, 0) is 18.7 Å². The Bertz CT molecular complexity index is 620. The maximum atomic E-state index is 11.0. The molecule has 3 rings (SSSR count). The Labute approximate surface area is 120 Å². The predicted molar refractivity (Wildman–Crippen MR) is 72.8 cm³/mol. The van der Waals surface area contributed by atoms with E-state index in [1.54, 1.807) is 6.07 Å². The average Bonchev–Trinajstić information content (AvgIpc) is 2.98. The minimum Gasteiger partial charge on any atom is -0.475 e. The summed E-state index contributed by atoms with van der Waals surface area (Å²) < 4.78 is 7.12. The van der Waals surface area contributed by atoms with Gasteiger partial charge in [0.2, 0.25) is 5.76 Å². The molecule has 7 heteroatoms. The van der Waals surface area contributed by atoms with Crippen LogP contribution >= 0.6 is 11.8 Å². The highest BCUT2D eigenvalue weighted by molar-refractivity contribution is 7.98. The first-order valence-electron chi connectivity index (χ1n) is 6.60. The van der Waals surface area contributed by atoms with Gasteiger partial charge in [-0.15, -0.1) is 10.2 Å². The minimum atomic E-state index is -1.04. The number of rotatable bonds is 4. The van der Waals surface area contributed by atoms with Crippen LogP contribution in [0.3, 0.4) is 0 Å². The average molecular weight is 293 g/mol. The number of nitrogens with zero attached hydrogens (tertiary/aromatic N) is 3. The highest BCUT2D eigenvalue weighted by Crippen LogP contribution is 2.26. The molecule has 0 bridgehead atoms. The third-order valence-corrected chi connectivity index (χ3v) is 4.39. The second-order valence-corrected chi connectivity index (χ2v) is 5.67. The van der Waals surface area contributed by atoms with Gasteiger partial charge in [-0.25, -0.2) is 4.79 Å². The summed E-state index contributed by atoms with van der Waals surface area (Å²) in [4.78, 5) is 11.0.